The number of nitrogens with zero attached hydrogens (tertiary/aromatic N) is 1. The van der Waals surface area contributed by atoms with Gasteiger partial charge in [-0.15, -0.1) is 0 Å². The lowest BCUT2D eigenvalue weighted by atomic mass is 10.3. The zero-order chi connectivity index (χ0) is 13.7. The van der Waals surface area contributed by atoms with Crippen LogP contribution in [-0.4, -0.2) is 25.2 Å². The first kappa shape index (κ1) is 12.9. The second-order valence-corrected chi connectivity index (χ2v) is 3.65. The van der Waals surface area contributed by atoms with Crippen molar-refractivity contribution < 1.29 is 19.0 Å². The smallest absolute Gasteiger partial charge is 0.339 e. The van der Waals surface area contributed by atoms with Crippen molar-refractivity contribution in [3.63, 3.8) is 0 Å². The molecule has 0 bridgehead atoms. The molecule has 0 N–H and O–H groups in total. The number of aromatic nitrogens is 1. The van der Waals surface area contributed by atoms with Gasteiger partial charge in [0, 0.05) is 12.3 Å². The number of esters is 1. The van der Waals surface area contributed by atoms with Crippen molar-refractivity contribution in [2.45, 2.75) is 0 Å². The molecule has 19 heavy (non-hydrogen) atoms. The molecule has 0 aliphatic rings. The van der Waals surface area contributed by atoms with Crippen LogP contribution in [0.5, 0.6) is 17.4 Å². The number of methoxy groups -OCH3 is 2. The zero-order valence-electron chi connectivity index (χ0n) is 10.6. The average Bonchev–Trinajstić information content (AvgIpc) is 2.48. The molecule has 5 nitrogen and oxygen atoms in total. The molecule has 0 unspecified atom stereocenters. The van der Waals surface area contributed by atoms with Gasteiger partial charge in [-0.3, -0.25) is 0 Å². The summed E-state index contributed by atoms with van der Waals surface area (Å²) in [6, 6.07) is 10.3. The molecule has 0 saturated carbocycles. The molecule has 2 aromatic rings. The molecule has 2 rings (SSSR count). The largest absolute Gasteiger partial charge is 0.497 e. The van der Waals surface area contributed by atoms with Crippen molar-refractivity contribution in [2.75, 3.05) is 14.2 Å². The van der Waals surface area contributed by atoms with Crippen LogP contribution in [0, 0.1) is 0 Å². The molecule has 0 radical (unpaired) electrons. The molecule has 5 heteroatoms. The number of rotatable bonds is 4. The van der Waals surface area contributed by atoms with Gasteiger partial charge >= 0.3 is 5.97 Å². The van der Waals surface area contributed by atoms with Crippen LogP contribution in [0.25, 0.3) is 0 Å². The summed E-state index contributed by atoms with van der Waals surface area (Å²) in [7, 11) is 2.92. The number of ether oxygens (including phenoxy) is 3. The molecule has 1 aromatic heterocycles. The summed E-state index contributed by atoms with van der Waals surface area (Å²) in [5, 5.41) is 0. The number of carbonyl (C=O) groups is 1. The Morgan fingerprint density at radius 2 is 1.68 bits per heavy atom. The number of benzene rings is 1. The topological polar surface area (TPSA) is 57.7 Å². The summed E-state index contributed by atoms with van der Waals surface area (Å²) in [5.41, 5.74) is 0.379. The van der Waals surface area contributed by atoms with E-state index in [0.29, 0.717) is 17.2 Å². The maximum atomic E-state index is 11.2. The Balaban J connectivity index is 2.08. The third kappa shape index (κ3) is 3.22. The summed E-state index contributed by atoms with van der Waals surface area (Å²) in [4.78, 5) is 15.3. The van der Waals surface area contributed by atoms with Gasteiger partial charge in [-0.05, 0) is 30.3 Å². The van der Waals surface area contributed by atoms with Gasteiger partial charge in [-0.25, -0.2) is 9.78 Å². The van der Waals surface area contributed by atoms with E-state index in [1.165, 1.54) is 13.3 Å². The van der Waals surface area contributed by atoms with Crippen LogP contribution >= 0.6 is 0 Å². The molecule has 0 spiro atoms. The lowest BCUT2D eigenvalue weighted by molar-refractivity contribution is 0.0600. The Labute approximate surface area is 110 Å². The van der Waals surface area contributed by atoms with Gasteiger partial charge in [0.15, 0.2) is 0 Å². The van der Waals surface area contributed by atoms with Gasteiger partial charge in [0.2, 0.25) is 5.88 Å². The summed E-state index contributed by atoms with van der Waals surface area (Å²) < 4.78 is 15.2. The van der Waals surface area contributed by atoms with E-state index in [4.69, 9.17) is 9.47 Å². The quantitative estimate of drug-likeness (QED) is 0.790. The number of carbonyl (C=O) groups excluding carboxylic acids is 1. The molecule has 0 amide bonds. The zero-order valence-corrected chi connectivity index (χ0v) is 10.6. The highest BCUT2D eigenvalue weighted by Crippen LogP contribution is 2.22. The monoisotopic (exact) mass is 259 g/mol. The van der Waals surface area contributed by atoms with Gasteiger partial charge in [0.25, 0.3) is 0 Å². The lowest BCUT2D eigenvalue weighted by Gasteiger charge is -2.06. The highest BCUT2D eigenvalue weighted by molar-refractivity contribution is 5.88. The van der Waals surface area contributed by atoms with Crippen LogP contribution in [-0.2, 0) is 4.74 Å². The molecular formula is C14H13NO4. The van der Waals surface area contributed by atoms with Gasteiger partial charge < -0.3 is 14.2 Å². The van der Waals surface area contributed by atoms with E-state index in [0.717, 1.165) is 5.75 Å². The third-order valence-electron chi connectivity index (χ3n) is 2.44. The molecule has 1 aromatic carbocycles. The first-order valence-corrected chi connectivity index (χ1v) is 5.59. The summed E-state index contributed by atoms with van der Waals surface area (Å²) >= 11 is 0. The minimum absolute atomic E-state index is 0.379. The molecule has 98 valence electrons. The van der Waals surface area contributed by atoms with Gasteiger partial charge in [0.1, 0.15) is 11.5 Å². The Hall–Kier alpha value is -2.56. The van der Waals surface area contributed by atoms with Crippen molar-refractivity contribution in [1.82, 2.24) is 4.98 Å². The Kier molecular flexibility index (Phi) is 3.97. The summed E-state index contributed by atoms with van der Waals surface area (Å²) in [5.74, 6) is 1.36. The summed E-state index contributed by atoms with van der Waals surface area (Å²) in [6.45, 7) is 0. The molecule has 0 aliphatic heterocycles. The standard InChI is InChI=1S/C14H13NO4/c1-17-11-4-6-12(7-5-11)19-13-8-3-10(9-15-13)14(16)18-2/h3-9H,1-2H3. The number of hydrogen-bond acceptors (Lipinski definition) is 5. The van der Waals surface area contributed by atoms with Crippen molar-refractivity contribution in [3.05, 3.63) is 48.2 Å². The van der Waals surface area contributed by atoms with Crippen molar-refractivity contribution in [2.24, 2.45) is 0 Å². The van der Waals surface area contributed by atoms with E-state index in [9.17, 15) is 4.79 Å². The molecule has 0 atom stereocenters. The van der Waals surface area contributed by atoms with Gasteiger partial charge in [-0.2, -0.15) is 0 Å². The van der Waals surface area contributed by atoms with Crippen molar-refractivity contribution in [3.8, 4) is 17.4 Å². The van der Waals surface area contributed by atoms with Gasteiger partial charge in [0.05, 0.1) is 19.8 Å². The Morgan fingerprint density at radius 1 is 1.00 bits per heavy atom. The van der Waals surface area contributed by atoms with Crippen LogP contribution in [0.2, 0.25) is 0 Å². The highest BCUT2D eigenvalue weighted by atomic mass is 16.5. The molecular weight excluding hydrogens is 246 g/mol. The van der Waals surface area contributed by atoms with Crippen LogP contribution in [0.1, 0.15) is 10.4 Å². The van der Waals surface area contributed by atoms with E-state index in [1.807, 2.05) is 0 Å². The Bertz CT molecular complexity index is 549. The van der Waals surface area contributed by atoms with E-state index in [2.05, 4.69) is 9.72 Å². The van der Waals surface area contributed by atoms with E-state index < -0.39 is 5.97 Å². The molecule has 0 aliphatic carbocycles. The van der Waals surface area contributed by atoms with Crippen LogP contribution in [0.4, 0.5) is 0 Å². The van der Waals surface area contributed by atoms with Crippen molar-refractivity contribution in [1.29, 1.82) is 0 Å². The van der Waals surface area contributed by atoms with Crippen LogP contribution in [0.3, 0.4) is 0 Å². The molecule has 1 heterocycles. The molecule has 0 saturated heterocycles. The highest BCUT2D eigenvalue weighted by Gasteiger charge is 2.06. The maximum Gasteiger partial charge on any atom is 0.339 e. The number of hydrogen-bond donors (Lipinski definition) is 0. The first-order chi connectivity index (χ1) is 9.22. The average molecular weight is 259 g/mol. The SMILES string of the molecule is COC(=O)c1ccc(Oc2ccc(OC)cc2)nc1. The first-order valence-electron chi connectivity index (χ1n) is 5.59. The lowest BCUT2D eigenvalue weighted by Crippen LogP contribution is -2.01. The third-order valence-corrected chi connectivity index (χ3v) is 2.44. The second-order valence-electron chi connectivity index (χ2n) is 3.65. The fraction of sp³-hybridized carbons (Fsp3) is 0.143. The Morgan fingerprint density at radius 3 is 2.21 bits per heavy atom. The van der Waals surface area contributed by atoms with Gasteiger partial charge in [-0.1, -0.05) is 0 Å². The van der Waals surface area contributed by atoms with Crippen LogP contribution < -0.4 is 9.47 Å². The minimum Gasteiger partial charge on any atom is -0.497 e. The van der Waals surface area contributed by atoms with Crippen molar-refractivity contribution >= 4 is 5.97 Å². The fourth-order valence-electron chi connectivity index (χ4n) is 1.44. The maximum absolute atomic E-state index is 11.2. The summed E-state index contributed by atoms with van der Waals surface area (Å²) in [6.07, 6.45) is 1.41. The normalized spacial score (nSPS) is 9.79. The fourth-order valence-corrected chi connectivity index (χ4v) is 1.44. The predicted octanol–water partition coefficient (Wildman–Crippen LogP) is 2.67. The number of pyridine rings is 1. The van der Waals surface area contributed by atoms with Crippen LogP contribution in [0.15, 0.2) is 42.6 Å². The predicted molar refractivity (Wildman–Crippen MR) is 68.6 cm³/mol. The minimum atomic E-state index is -0.427. The van der Waals surface area contributed by atoms with E-state index in [-0.39, 0.29) is 0 Å². The molecule has 0 fully saturated rings. The second kappa shape index (κ2) is 5.86. The van der Waals surface area contributed by atoms with E-state index in [1.54, 1.807) is 43.5 Å². The van der Waals surface area contributed by atoms with E-state index >= 15 is 0 Å².